The number of hydrogen-bond donors (Lipinski definition) is 2. The smallest absolute Gasteiger partial charge is 0.270 e. The molecule has 5 aromatic rings. The van der Waals surface area contributed by atoms with E-state index in [0.29, 0.717) is 38.1 Å². The Balaban J connectivity index is 1.37. The summed E-state index contributed by atoms with van der Waals surface area (Å²) in [4.78, 5) is 47.0. The van der Waals surface area contributed by atoms with E-state index in [1.54, 1.807) is 54.6 Å². The monoisotopic (exact) mass is 483 g/mol. The van der Waals surface area contributed by atoms with Gasteiger partial charge in [-0.1, -0.05) is 54.1 Å². The Morgan fingerprint density at radius 2 is 1.54 bits per heavy atom. The largest absolute Gasteiger partial charge is 0.289 e. The average Bonchev–Trinajstić information content (AvgIpc) is 2.89. The van der Waals surface area contributed by atoms with Gasteiger partial charge in [0.1, 0.15) is 6.54 Å². The maximum absolute atomic E-state index is 13.0. The number of hydrazine groups is 1. The van der Waals surface area contributed by atoms with E-state index in [1.165, 1.54) is 10.9 Å². The Bertz CT molecular complexity index is 1650. The Labute approximate surface area is 204 Å². The van der Waals surface area contributed by atoms with Crippen molar-refractivity contribution < 1.29 is 9.59 Å². The molecule has 35 heavy (non-hydrogen) atoms. The average molecular weight is 484 g/mol. The van der Waals surface area contributed by atoms with Crippen LogP contribution in [-0.2, 0) is 11.3 Å². The second kappa shape index (κ2) is 9.36. The molecule has 0 unspecified atom stereocenters. The van der Waals surface area contributed by atoms with Crippen LogP contribution in [0.25, 0.3) is 33.1 Å². The summed E-state index contributed by atoms with van der Waals surface area (Å²) in [5.41, 5.74) is 7.36. The van der Waals surface area contributed by atoms with Crippen LogP contribution in [0.15, 0.2) is 90.0 Å². The van der Waals surface area contributed by atoms with E-state index in [-0.39, 0.29) is 12.1 Å². The van der Waals surface area contributed by atoms with Gasteiger partial charge in [0.05, 0.1) is 34.0 Å². The Hall–Kier alpha value is -4.56. The molecular weight excluding hydrogens is 466 g/mol. The molecule has 0 aliphatic carbocycles. The number of fused-ring (bicyclic) bond motifs is 2. The number of para-hydroxylation sites is 2. The van der Waals surface area contributed by atoms with Crippen molar-refractivity contribution in [3.63, 3.8) is 0 Å². The molecule has 0 aliphatic rings. The van der Waals surface area contributed by atoms with Crippen molar-refractivity contribution in [3.8, 4) is 11.3 Å². The fraction of sp³-hybridized carbons (Fsp3) is 0.0385. The summed E-state index contributed by atoms with van der Waals surface area (Å²) in [6.07, 6.45) is 1.31. The molecule has 0 saturated carbocycles. The molecule has 0 atom stereocenters. The van der Waals surface area contributed by atoms with Crippen molar-refractivity contribution in [1.29, 1.82) is 0 Å². The molecule has 9 heteroatoms. The first kappa shape index (κ1) is 22.2. The van der Waals surface area contributed by atoms with Gasteiger partial charge >= 0.3 is 0 Å². The third kappa shape index (κ3) is 4.60. The first-order valence-electron chi connectivity index (χ1n) is 10.7. The lowest BCUT2D eigenvalue weighted by molar-refractivity contribution is -0.122. The zero-order chi connectivity index (χ0) is 24.4. The summed E-state index contributed by atoms with van der Waals surface area (Å²) < 4.78 is 1.18. The van der Waals surface area contributed by atoms with Gasteiger partial charge in [-0.25, -0.2) is 9.97 Å². The summed E-state index contributed by atoms with van der Waals surface area (Å²) >= 11 is 5.99. The van der Waals surface area contributed by atoms with Crippen LogP contribution in [0.3, 0.4) is 0 Å². The molecule has 0 spiro atoms. The minimum atomic E-state index is -0.575. The lowest BCUT2D eigenvalue weighted by atomic mass is 10.0. The van der Waals surface area contributed by atoms with Crippen molar-refractivity contribution in [2.75, 3.05) is 0 Å². The van der Waals surface area contributed by atoms with Gasteiger partial charge in [-0.15, -0.1) is 0 Å². The summed E-state index contributed by atoms with van der Waals surface area (Å²) in [5, 5.41) is 1.63. The van der Waals surface area contributed by atoms with Crippen molar-refractivity contribution in [2.24, 2.45) is 0 Å². The van der Waals surface area contributed by atoms with Crippen LogP contribution in [-0.4, -0.2) is 26.3 Å². The number of amides is 2. The van der Waals surface area contributed by atoms with E-state index in [9.17, 15) is 14.4 Å². The molecular formula is C26H18ClN5O3. The second-order valence-electron chi connectivity index (χ2n) is 7.78. The number of aromatic nitrogens is 3. The number of nitrogens with one attached hydrogen (secondary N) is 2. The van der Waals surface area contributed by atoms with E-state index in [4.69, 9.17) is 11.6 Å². The van der Waals surface area contributed by atoms with E-state index in [1.807, 2.05) is 24.3 Å². The number of pyridine rings is 1. The molecule has 3 aromatic carbocycles. The number of carbonyl (C=O) groups is 2. The molecule has 2 heterocycles. The summed E-state index contributed by atoms with van der Waals surface area (Å²) in [6.45, 7) is -0.302. The van der Waals surface area contributed by atoms with Crippen molar-refractivity contribution in [1.82, 2.24) is 25.4 Å². The zero-order valence-corrected chi connectivity index (χ0v) is 19.0. The van der Waals surface area contributed by atoms with Crippen LogP contribution in [0.2, 0.25) is 5.02 Å². The van der Waals surface area contributed by atoms with Gasteiger partial charge in [-0.3, -0.25) is 29.8 Å². The Kier molecular flexibility index (Phi) is 5.95. The number of nitrogens with zero attached hydrogens (tertiary/aromatic N) is 3. The van der Waals surface area contributed by atoms with Crippen LogP contribution in [0.4, 0.5) is 0 Å². The predicted molar refractivity (Wildman–Crippen MR) is 134 cm³/mol. The molecule has 0 saturated heterocycles. The van der Waals surface area contributed by atoms with E-state index >= 15 is 0 Å². The quantitative estimate of drug-likeness (QED) is 0.379. The first-order valence-corrected chi connectivity index (χ1v) is 11.1. The highest BCUT2D eigenvalue weighted by Crippen LogP contribution is 2.25. The summed E-state index contributed by atoms with van der Waals surface area (Å²) in [5.74, 6) is -1.09. The minimum absolute atomic E-state index is 0.302. The van der Waals surface area contributed by atoms with Gasteiger partial charge < -0.3 is 0 Å². The fourth-order valence-electron chi connectivity index (χ4n) is 3.74. The van der Waals surface area contributed by atoms with Crippen LogP contribution >= 0.6 is 11.6 Å². The normalized spacial score (nSPS) is 10.9. The standard InChI is InChI=1S/C26H18ClN5O3/c27-17-11-9-16(10-12-17)23-13-20(18-5-1-4-8-22(18)29-23)25(34)31-30-24(33)14-32-15-28-21-7-3-2-6-19(21)26(32)35/h1-13,15H,14H2,(H,30,33)(H,31,34). The van der Waals surface area contributed by atoms with Gasteiger partial charge in [0.2, 0.25) is 0 Å². The third-order valence-electron chi connectivity index (χ3n) is 5.46. The molecule has 2 N–H and O–H groups in total. The maximum Gasteiger partial charge on any atom is 0.270 e. The molecule has 2 amide bonds. The Morgan fingerprint density at radius 1 is 0.857 bits per heavy atom. The molecule has 0 bridgehead atoms. The lowest BCUT2D eigenvalue weighted by Crippen LogP contribution is -2.44. The highest BCUT2D eigenvalue weighted by molar-refractivity contribution is 6.30. The lowest BCUT2D eigenvalue weighted by Gasteiger charge is -2.12. The highest BCUT2D eigenvalue weighted by atomic mass is 35.5. The molecule has 5 rings (SSSR count). The molecule has 0 aliphatic heterocycles. The van der Waals surface area contributed by atoms with Crippen LogP contribution in [0.5, 0.6) is 0 Å². The Morgan fingerprint density at radius 3 is 2.31 bits per heavy atom. The van der Waals surface area contributed by atoms with Crippen LogP contribution in [0, 0.1) is 0 Å². The van der Waals surface area contributed by atoms with Crippen molar-refractivity contribution in [2.45, 2.75) is 6.54 Å². The van der Waals surface area contributed by atoms with E-state index in [0.717, 1.165) is 5.56 Å². The third-order valence-corrected chi connectivity index (χ3v) is 5.71. The van der Waals surface area contributed by atoms with Gasteiger partial charge in [-0.05, 0) is 36.4 Å². The highest BCUT2D eigenvalue weighted by Gasteiger charge is 2.15. The molecule has 2 aromatic heterocycles. The number of rotatable bonds is 4. The minimum Gasteiger partial charge on any atom is -0.289 e. The van der Waals surface area contributed by atoms with Gasteiger partial charge in [0.25, 0.3) is 17.4 Å². The maximum atomic E-state index is 13.0. The van der Waals surface area contributed by atoms with Crippen LogP contribution < -0.4 is 16.4 Å². The number of halogens is 1. The van der Waals surface area contributed by atoms with Gasteiger partial charge in [-0.2, -0.15) is 0 Å². The van der Waals surface area contributed by atoms with Gasteiger partial charge in [0.15, 0.2) is 0 Å². The van der Waals surface area contributed by atoms with Gasteiger partial charge in [0, 0.05) is 16.0 Å². The predicted octanol–water partition coefficient (Wildman–Crippen LogP) is 3.73. The topological polar surface area (TPSA) is 106 Å². The van der Waals surface area contributed by atoms with Crippen molar-refractivity contribution in [3.05, 3.63) is 106 Å². The molecule has 0 radical (unpaired) electrons. The zero-order valence-electron chi connectivity index (χ0n) is 18.2. The summed E-state index contributed by atoms with van der Waals surface area (Å²) in [7, 11) is 0. The summed E-state index contributed by atoms with van der Waals surface area (Å²) in [6, 6.07) is 22.9. The molecule has 172 valence electrons. The molecule has 0 fully saturated rings. The van der Waals surface area contributed by atoms with Crippen LogP contribution in [0.1, 0.15) is 10.4 Å². The second-order valence-corrected chi connectivity index (χ2v) is 8.21. The molecule has 8 nitrogen and oxygen atoms in total. The van der Waals surface area contributed by atoms with E-state index < -0.39 is 11.8 Å². The first-order chi connectivity index (χ1) is 17.0. The number of benzene rings is 3. The van der Waals surface area contributed by atoms with E-state index in [2.05, 4.69) is 20.8 Å². The number of carbonyl (C=O) groups excluding carboxylic acids is 2. The van der Waals surface area contributed by atoms with Crippen molar-refractivity contribution >= 4 is 45.2 Å². The number of hydrogen-bond acceptors (Lipinski definition) is 5. The fourth-order valence-corrected chi connectivity index (χ4v) is 3.86. The SMILES string of the molecule is O=C(Cn1cnc2ccccc2c1=O)NNC(=O)c1cc(-c2ccc(Cl)cc2)nc2ccccc12.